The van der Waals surface area contributed by atoms with Crippen LogP contribution in [-0.2, 0) is 4.84 Å². The molecule has 0 amide bonds. The van der Waals surface area contributed by atoms with Crippen LogP contribution in [0.3, 0.4) is 0 Å². The van der Waals surface area contributed by atoms with Crippen LogP contribution in [0.1, 0.15) is 35.7 Å². The summed E-state index contributed by atoms with van der Waals surface area (Å²) >= 11 is 0. The van der Waals surface area contributed by atoms with E-state index in [1.54, 1.807) is 27.5 Å². The molecule has 7 heteroatoms. The summed E-state index contributed by atoms with van der Waals surface area (Å²) in [5.41, 5.74) is 3.90. The molecule has 1 aliphatic rings. The number of oxime groups is 1. The summed E-state index contributed by atoms with van der Waals surface area (Å²) in [4.78, 5) is 7.98. The average molecular weight is 355 g/mol. The van der Waals surface area contributed by atoms with Crippen LogP contribution in [0.25, 0.3) is 11.1 Å². The Morgan fingerprint density at radius 1 is 1.12 bits per heavy atom. The van der Waals surface area contributed by atoms with Gasteiger partial charge in [-0.1, -0.05) is 5.16 Å². The molecule has 136 valence electrons. The van der Waals surface area contributed by atoms with Crippen LogP contribution >= 0.6 is 0 Å². The highest BCUT2D eigenvalue weighted by Crippen LogP contribution is 2.51. The summed E-state index contributed by atoms with van der Waals surface area (Å²) in [5.74, 6) is 1.97. The first-order valence-corrected chi connectivity index (χ1v) is 8.21. The zero-order valence-corrected chi connectivity index (χ0v) is 15.3. The molecule has 7 nitrogen and oxygen atoms in total. The zero-order valence-electron chi connectivity index (χ0n) is 15.3. The monoisotopic (exact) mass is 355 g/mol. The fourth-order valence-corrected chi connectivity index (χ4v) is 3.19. The van der Waals surface area contributed by atoms with Crippen LogP contribution < -0.4 is 14.2 Å². The number of hydrogen-bond donors (Lipinski definition) is 1. The normalized spacial score (nSPS) is 13.5. The minimum Gasteiger partial charge on any atom is -0.493 e. The maximum Gasteiger partial charge on any atom is 0.203 e. The van der Waals surface area contributed by atoms with Crippen molar-refractivity contribution < 1.29 is 19.0 Å². The molecule has 1 heterocycles. The van der Waals surface area contributed by atoms with Gasteiger partial charge in [-0.05, 0) is 36.5 Å². The fourth-order valence-electron chi connectivity index (χ4n) is 3.19. The first-order valence-electron chi connectivity index (χ1n) is 8.21. The molecule has 0 saturated heterocycles. The van der Waals surface area contributed by atoms with Gasteiger partial charge in [0, 0.05) is 11.1 Å². The van der Waals surface area contributed by atoms with Crippen molar-refractivity contribution in [1.29, 1.82) is 5.26 Å². The van der Waals surface area contributed by atoms with Gasteiger partial charge in [0.1, 0.15) is 18.9 Å². The Hall–Kier alpha value is -3.14. The van der Waals surface area contributed by atoms with Crippen LogP contribution in [0.15, 0.2) is 17.3 Å². The molecule has 26 heavy (non-hydrogen) atoms. The van der Waals surface area contributed by atoms with E-state index in [0.717, 1.165) is 29.5 Å². The molecule has 1 saturated carbocycles. The highest BCUT2D eigenvalue weighted by atomic mass is 16.6. The molecule has 3 rings (SSSR count). The van der Waals surface area contributed by atoms with Crippen molar-refractivity contribution in [3.63, 3.8) is 0 Å². The number of hydrogen-bond acceptors (Lipinski definition) is 6. The Bertz CT molecular complexity index is 876. The molecule has 0 radical (unpaired) electrons. The number of nitrogens with zero attached hydrogens (tertiary/aromatic N) is 2. The number of benzene rings is 1. The number of rotatable bonds is 7. The van der Waals surface area contributed by atoms with Crippen molar-refractivity contribution >= 4 is 6.21 Å². The van der Waals surface area contributed by atoms with Gasteiger partial charge in [0.05, 0.1) is 33.2 Å². The quantitative estimate of drug-likeness (QED) is 0.607. The molecule has 0 unspecified atom stereocenters. The number of nitrogens with one attached hydrogen (secondary N) is 1. The lowest BCUT2D eigenvalue weighted by molar-refractivity contribution is 0.215. The van der Waals surface area contributed by atoms with Crippen molar-refractivity contribution in [1.82, 2.24) is 4.98 Å². The van der Waals surface area contributed by atoms with Gasteiger partial charge in [-0.15, -0.1) is 0 Å². The van der Waals surface area contributed by atoms with E-state index >= 15 is 0 Å². The van der Waals surface area contributed by atoms with Gasteiger partial charge in [-0.3, -0.25) is 0 Å². The first kappa shape index (κ1) is 17.7. The molecular formula is C19H21N3O4. The molecule has 1 N–H and O–H groups in total. The topological polar surface area (TPSA) is 88.9 Å². The third kappa shape index (κ3) is 2.94. The second-order valence-corrected chi connectivity index (χ2v) is 5.89. The summed E-state index contributed by atoms with van der Waals surface area (Å²) in [7, 11) is 6.20. The Balaban J connectivity index is 2.31. The van der Waals surface area contributed by atoms with Gasteiger partial charge in [-0.2, -0.15) is 5.26 Å². The zero-order chi connectivity index (χ0) is 18.7. The van der Waals surface area contributed by atoms with Crippen molar-refractivity contribution in [3.05, 3.63) is 29.1 Å². The van der Waals surface area contributed by atoms with Crippen molar-refractivity contribution in [2.24, 2.45) is 5.16 Å². The minimum atomic E-state index is 0.346. The van der Waals surface area contributed by atoms with Crippen LogP contribution in [0.4, 0.5) is 0 Å². The predicted octanol–water partition coefficient (Wildman–Crippen LogP) is 3.44. The van der Waals surface area contributed by atoms with E-state index in [1.165, 1.54) is 7.11 Å². The van der Waals surface area contributed by atoms with Gasteiger partial charge in [0.25, 0.3) is 0 Å². The highest BCUT2D eigenvalue weighted by Gasteiger charge is 2.34. The number of aromatic nitrogens is 1. The largest absolute Gasteiger partial charge is 0.493 e. The van der Waals surface area contributed by atoms with E-state index in [2.05, 4.69) is 16.2 Å². The van der Waals surface area contributed by atoms with Crippen molar-refractivity contribution in [2.75, 3.05) is 28.4 Å². The maximum absolute atomic E-state index is 9.58. The second kappa shape index (κ2) is 7.40. The van der Waals surface area contributed by atoms with Gasteiger partial charge in [0.2, 0.25) is 5.75 Å². The van der Waals surface area contributed by atoms with E-state index in [0.29, 0.717) is 34.6 Å². The van der Waals surface area contributed by atoms with Crippen molar-refractivity contribution in [2.45, 2.75) is 18.8 Å². The SMILES string of the molecule is CON=Cc1[nH]c(C#N)c(C2CC2)c1-c1ccc(OC)c(OC)c1OC. The summed E-state index contributed by atoms with van der Waals surface area (Å²) in [6.07, 6.45) is 3.67. The molecule has 2 aromatic rings. The van der Waals surface area contributed by atoms with Crippen molar-refractivity contribution in [3.8, 4) is 34.4 Å². The van der Waals surface area contributed by atoms with E-state index in [1.807, 2.05) is 12.1 Å². The number of methoxy groups -OCH3 is 3. The van der Waals surface area contributed by atoms with Gasteiger partial charge in [-0.25, -0.2) is 0 Å². The summed E-state index contributed by atoms with van der Waals surface area (Å²) in [6.45, 7) is 0. The number of H-pyrrole nitrogens is 1. The Morgan fingerprint density at radius 2 is 1.85 bits per heavy atom. The van der Waals surface area contributed by atoms with Gasteiger partial charge >= 0.3 is 0 Å². The molecule has 0 bridgehead atoms. The lowest BCUT2D eigenvalue weighted by atomic mass is 9.96. The molecule has 1 aromatic carbocycles. The predicted molar refractivity (Wildman–Crippen MR) is 97.2 cm³/mol. The molecule has 1 fully saturated rings. The molecule has 1 aliphatic carbocycles. The standard InChI is InChI=1S/C19H21N3O4/c1-23-15-8-7-12(18(24-2)19(15)25-3)17-14(10-21-26-4)22-13(9-20)16(17)11-5-6-11/h7-8,10-11,22H,5-6H2,1-4H3. The lowest BCUT2D eigenvalue weighted by Crippen LogP contribution is -1.99. The van der Waals surface area contributed by atoms with Crippen LogP contribution in [0.2, 0.25) is 0 Å². The van der Waals surface area contributed by atoms with E-state index in [9.17, 15) is 5.26 Å². The molecule has 1 aromatic heterocycles. The molecule has 0 atom stereocenters. The summed E-state index contributed by atoms with van der Waals surface area (Å²) in [6, 6.07) is 5.98. The average Bonchev–Trinajstić information content (AvgIpc) is 3.45. The van der Waals surface area contributed by atoms with E-state index in [-0.39, 0.29) is 0 Å². The summed E-state index contributed by atoms with van der Waals surface area (Å²) < 4.78 is 16.5. The third-order valence-corrected chi connectivity index (χ3v) is 4.43. The number of nitriles is 1. The Kier molecular flexibility index (Phi) is 5.03. The van der Waals surface area contributed by atoms with Crippen LogP contribution in [0, 0.1) is 11.3 Å². The molecular weight excluding hydrogens is 334 g/mol. The Morgan fingerprint density at radius 3 is 2.38 bits per heavy atom. The third-order valence-electron chi connectivity index (χ3n) is 4.43. The second-order valence-electron chi connectivity index (χ2n) is 5.89. The smallest absolute Gasteiger partial charge is 0.203 e. The van der Waals surface area contributed by atoms with Crippen LogP contribution in [0.5, 0.6) is 17.2 Å². The Labute approximate surface area is 152 Å². The minimum absolute atomic E-state index is 0.346. The first-order chi connectivity index (χ1) is 12.7. The highest BCUT2D eigenvalue weighted by molar-refractivity contribution is 5.94. The lowest BCUT2D eigenvalue weighted by Gasteiger charge is -2.16. The maximum atomic E-state index is 9.58. The van der Waals surface area contributed by atoms with Crippen LogP contribution in [-0.4, -0.2) is 39.6 Å². The van der Waals surface area contributed by atoms with Gasteiger partial charge < -0.3 is 24.0 Å². The summed E-state index contributed by atoms with van der Waals surface area (Å²) in [5, 5.41) is 13.4. The fraction of sp³-hybridized carbons (Fsp3) is 0.368. The number of aromatic amines is 1. The van der Waals surface area contributed by atoms with Gasteiger partial charge in [0.15, 0.2) is 11.5 Å². The van der Waals surface area contributed by atoms with E-state index in [4.69, 9.17) is 19.0 Å². The number of ether oxygens (including phenoxy) is 3. The molecule has 0 aliphatic heterocycles. The molecule has 0 spiro atoms. The van der Waals surface area contributed by atoms with E-state index < -0.39 is 0 Å².